The van der Waals surface area contributed by atoms with Crippen molar-refractivity contribution in [3.05, 3.63) is 71.6 Å². The van der Waals surface area contributed by atoms with Crippen LogP contribution in [-0.2, 0) is 30.5 Å². The number of rotatable bonds is 12. The molecule has 2 aliphatic rings. The van der Waals surface area contributed by atoms with E-state index in [1.54, 1.807) is 6.33 Å². The van der Waals surface area contributed by atoms with E-state index >= 15 is 0 Å². The number of hydrogen-bond acceptors (Lipinski definition) is 7. The van der Waals surface area contributed by atoms with Crippen LogP contribution < -0.4 is 5.32 Å². The number of nitrogens with one attached hydrogen (secondary N) is 1. The molecule has 2 fully saturated rings. The number of aromatic nitrogens is 5. The van der Waals surface area contributed by atoms with E-state index < -0.39 is 8.07 Å². The van der Waals surface area contributed by atoms with Crippen molar-refractivity contribution >= 4 is 30.7 Å². The number of ether oxygens (including phenoxy) is 1. The zero-order valence-electron chi connectivity index (χ0n) is 28.5. The van der Waals surface area contributed by atoms with Crippen LogP contribution in [0.25, 0.3) is 11.0 Å². The summed E-state index contributed by atoms with van der Waals surface area (Å²) in [6, 6.07) is 15.4. The molecule has 248 valence electrons. The van der Waals surface area contributed by atoms with Gasteiger partial charge >= 0.3 is 0 Å². The molecular formula is C36H48N8O2Si. The molecular weight excluding hydrogens is 605 g/mol. The maximum atomic E-state index is 13.9. The summed E-state index contributed by atoms with van der Waals surface area (Å²) < 4.78 is 10.2. The molecule has 1 atom stereocenters. The van der Waals surface area contributed by atoms with E-state index in [0.29, 0.717) is 36.4 Å². The van der Waals surface area contributed by atoms with Crippen molar-refractivity contribution in [2.24, 2.45) is 18.9 Å². The van der Waals surface area contributed by atoms with E-state index in [2.05, 4.69) is 63.7 Å². The van der Waals surface area contributed by atoms with Gasteiger partial charge in [-0.25, -0.2) is 4.98 Å². The molecule has 0 radical (unpaired) electrons. The third-order valence-electron chi connectivity index (χ3n) is 9.86. The third-order valence-corrected chi connectivity index (χ3v) is 11.6. The Bertz CT molecular complexity index is 1760. The number of hydrogen-bond donors (Lipinski definition) is 1. The number of carbonyl (C=O) groups excluding carboxylic acids is 1. The van der Waals surface area contributed by atoms with Crippen molar-refractivity contribution in [2.75, 3.05) is 25.0 Å². The molecule has 1 saturated heterocycles. The summed E-state index contributed by atoms with van der Waals surface area (Å²) in [5, 5.41) is 21.1. The monoisotopic (exact) mass is 652 g/mol. The fraction of sp³-hybridized carbons (Fsp3) is 0.528. The van der Waals surface area contributed by atoms with Gasteiger partial charge in [-0.05, 0) is 85.5 Å². The predicted molar refractivity (Wildman–Crippen MR) is 187 cm³/mol. The second-order valence-electron chi connectivity index (χ2n) is 15.0. The number of benzene rings is 1. The molecule has 0 spiro atoms. The number of pyridine rings is 1. The Kier molecular flexibility index (Phi) is 9.64. The second-order valence-corrected chi connectivity index (χ2v) is 20.7. The number of anilines is 1. The minimum atomic E-state index is -1.19. The summed E-state index contributed by atoms with van der Waals surface area (Å²) >= 11 is 0. The van der Waals surface area contributed by atoms with Crippen LogP contribution in [0, 0.1) is 23.2 Å². The summed E-state index contributed by atoms with van der Waals surface area (Å²) in [6.45, 7) is 13.5. The van der Waals surface area contributed by atoms with Gasteiger partial charge in [0.1, 0.15) is 24.6 Å². The molecule has 3 aromatic heterocycles. The van der Waals surface area contributed by atoms with Crippen LogP contribution in [0.1, 0.15) is 66.5 Å². The number of fused-ring (bicyclic) bond motifs is 1. The fourth-order valence-corrected chi connectivity index (χ4v) is 8.16. The topological polar surface area (TPSA) is 114 Å². The lowest BCUT2D eigenvalue weighted by Gasteiger charge is -2.46. The maximum absolute atomic E-state index is 13.9. The fourth-order valence-electron chi connectivity index (χ4n) is 7.41. The van der Waals surface area contributed by atoms with Crippen LogP contribution in [0.2, 0.25) is 25.7 Å². The highest BCUT2D eigenvalue weighted by molar-refractivity contribution is 6.76. The standard InChI is InChI=1S/C36H48N8O2Si/c1-26-8-7-14-43(22-26)23-28-18-32(40-31-12-15-44(33(28)31)25-46-16-17-47(3,4)5)34(45)39-30-10-6-9-29(19-30)36(20-27(21-36)11-13-37)35-41-38-24-42(35)2/h6,9-10,12,15,18-19,24,26-27H,7-8,11,14,16-17,20-23,25H2,1-5H3,(H,39,45)/t26-,27?,36?/m0/s1. The lowest BCUT2D eigenvalue weighted by Crippen LogP contribution is -2.44. The number of carbonyl (C=O) groups is 1. The van der Waals surface area contributed by atoms with Crippen LogP contribution in [-0.4, -0.2) is 62.9 Å². The van der Waals surface area contributed by atoms with Gasteiger partial charge in [0, 0.05) is 53.1 Å². The van der Waals surface area contributed by atoms with Crippen LogP contribution in [0.5, 0.6) is 0 Å². The Labute approximate surface area is 279 Å². The highest BCUT2D eigenvalue weighted by Gasteiger charge is 2.49. The van der Waals surface area contributed by atoms with Crippen LogP contribution in [0.15, 0.2) is 48.9 Å². The van der Waals surface area contributed by atoms with Crippen LogP contribution in [0.4, 0.5) is 5.69 Å². The predicted octanol–water partition coefficient (Wildman–Crippen LogP) is 6.57. The molecule has 0 bridgehead atoms. The van der Waals surface area contributed by atoms with E-state index in [1.165, 1.54) is 12.8 Å². The normalized spacial score (nSPS) is 21.8. The molecule has 1 N–H and O–H groups in total. The molecule has 1 aromatic carbocycles. The summed E-state index contributed by atoms with van der Waals surface area (Å²) in [4.78, 5) is 21.2. The van der Waals surface area contributed by atoms with Crippen molar-refractivity contribution in [1.82, 2.24) is 29.2 Å². The summed E-state index contributed by atoms with van der Waals surface area (Å²) in [5.41, 5.74) is 4.78. The number of nitrogens with zero attached hydrogens (tertiary/aromatic N) is 7. The molecule has 47 heavy (non-hydrogen) atoms. The van der Waals surface area contributed by atoms with E-state index in [1.807, 2.05) is 48.1 Å². The van der Waals surface area contributed by atoms with Gasteiger partial charge in [-0.2, -0.15) is 5.26 Å². The van der Waals surface area contributed by atoms with Crippen LogP contribution in [0.3, 0.4) is 0 Å². The lowest BCUT2D eigenvalue weighted by molar-refractivity contribution is 0.0900. The van der Waals surface area contributed by atoms with Crippen LogP contribution >= 0.6 is 0 Å². The van der Waals surface area contributed by atoms with Gasteiger partial charge in [-0.1, -0.05) is 38.7 Å². The minimum Gasteiger partial charge on any atom is -0.361 e. The second kappa shape index (κ2) is 13.7. The lowest BCUT2D eigenvalue weighted by atomic mass is 9.57. The highest BCUT2D eigenvalue weighted by atomic mass is 28.3. The Morgan fingerprint density at radius 2 is 2.04 bits per heavy atom. The Hall–Kier alpha value is -3.85. The first-order valence-electron chi connectivity index (χ1n) is 17.0. The Balaban J connectivity index is 1.26. The average Bonchev–Trinajstić information content (AvgIpc) is 3.63. The number of nitriles is 1. The van der Waals surface area contributed by atoms with Gasteiger partial charge in [-0.3, -0.25) is 9.69 Å². The number of piperidine rings is 1. The van der Waals surface area contributed by atoms with E-state index in [0.717, 1.165) is 73.1 Å². The molecule has 1 aliphatic carbocycles. The molecule has 4 heterocycles. The van der Waals surface area contributed by atoms with E-state index in [9.17, 15) is 10.1 Å². The molecule has 6 rings (SSSR count). The smallest absolute Gasteiger partial charge is 0.274 e. The Morgan fingerprint density at radius 1 is 1.21 bits per heavy atom. The van der Waals surface area contributed by atoms with Crippen molar-refractivity contribution in [2.45, 2.75) is 83.4 Å². The minimum absolute atomic E-state index is 0.236. The van der Waals surface area contributed by atoms with Gasteiger partial charge in [-0.15, -0.1) is 10.2 Å². The summed E-state index contributed by atoms with van der Waals surface area (Å²) in [7, 11) is 0.770. The molecule has 4 aromatic rings. The van der Waals surface area contributed by atoms with Crippen molar-refractivity contribution in [3.63, 3.8) is 0 Å². The zero-order chi connectivity index (χ0) is 33.2. The highest BCUT2D eigenvalue weighted by Crippen LogP contribution is 2.53. The molecule has 1 aliphatic heterocycles. The van der Waals surface area contributed by atoms with E-state index in [4.69, 9.17) is 9.72 Å². The SMILES string of the molecule is C[C@H]1CCCN(Cc2cc(C(=O)Nc3cccc(C4(c5nncn5C)CC(CC#N)C4)c3)nc3ccn(COCC[Si](C)(C)C)c23)C1. The van der Waals surface area contributed by atoms with Crippen molar-refractivity contribution in [1.29, 1.82) is 5.26 Å². The largest absolute Gasteiger partial charge is 0.361 e. The van der Waals surface area contributed by atoms with Gasteiger partial charge in [0.2, 0.25) is 0 Å². The molecule has 1 saturated carbocycles. The number of amides is 1. The molecule has 10 nitrogen and oxygen atoms in total. The first kappa shape index (κ1) is 33.1. The molecule has 0 unspecified atom stereocenters. The first-order valence-corrected chi connectivity index (χ1v) is 20.7. The van der Waals surface area contributed by atoms with Gasteiger partial charge < -0.3 is 19.2 Å². The van der Waals surface area contributed by atoms with Gasteiger partial charge in [0.15, 0.2) is 0 Å². The number of likely N-dealkylation sites (tertiary alicyclic amines) is 1. The van der Waals surface area contributed by atoms with E-state index in [-0.39, 0.29) is 11.3 Å². The third kappa shape index (κ3) is 7.35. The maximum Gasteiger partial charge on any atom is 0.274 e. The molecule has 11 heteroatoms. The van der Waals surface area contributed by atoms with Crippen molar-refractivity contribution in [3.8, 4) is 6.07 Å². The van der Waals surface area contributed by atoms with Crippen molar-refractivity contribution < 1.29 is 9.53 Å². The number of aryl methyl sites for hydroxylation is 1. The van der Waals surface area contributed by atoms with Gasteiger partial charge in [0.05, 0.1) is 22.5 Å². The Morgan fingerprint density at radius 3 is 2.77 bits per heavy atom. The summed E-state index contributed by atoms with van der Waals surface area (Å²) in [6.07, 6.45) is 8.36. The first-order chi connectivity index (χ1) is 22.5. The summed E-state index contributed by atoms with van der Waals surface area (Å²) in [5.74, 6) is 1.61. The van der Waals surface area contributed by atoms with Gasteiger partial charge in [0.25, 0.3) is 5.91 Å². The average molecular weight is 653 g/mol. The quantitative estimate of drug-likeness (QED) is 0.136. The zero-order valence-corrected chi connectivity index (χ0v) is 29.5. The molecule has 1 amide bonds.